The minimum atomic E-state index is -0.338. The Balaban J connectivity index is 1.86. The summed E-state index contributed by atoms with van der Waals surface area (Å²) in [5.41, 5.74) is 0.573. The van der Waals surface area contributed by atoms with Crippen LogP contribution in [0.5, 0.6) is 17.4 Å². The van der Waals surface area contributed by atoms with Gasteiger partial charge >= 0.3 is 0 Å². The van der Waals surface area contributed by atoms with E-state index < -0.39 is 0 Å². The van der Waals surface area contributed by atoms with Gasteiger partial charge in [0.2, 0.25) is 5.88 Å². The Labute approximate surface area is 187 Å². The van der Waals surface area contributed by atoms with Gasteiger partial charge in [0.15, 0.2) is 0 Å². The molecule has 1 atom stereocenters. The molecule has 7 nitrogen and oxygen atoms in total. The molecule has 0 saturated carbocycles. The summed E-state index contributed by atoms with van der Waals surface area (Å²) in [6, 6.07) is 12.8. The van der Waals surface area contributed by atoms with Crippen molar-refractivity contribution in [1.29, 1.82) is 0 Å². The highest BCUT2D eigenvalue weighted by Crippen LogP contribution is 2.32. The van der Waals surface area contributed by atoms with Gasteiger partial charge in [0.05, 0.1) is 32.0 Å². The van der Waals surface area contributed by atoms with Crippen LogP contribution in [0.1, 0.15) is 25.3 Å². The molecule has 0 spiro atoms. The number of aromatic nitrogens is 1. The molecule has 1 aromatic heterocycles. The predicted octanol–water partition coefficient (Wildman–Crippen LogP) is 3.62. The van der Waals surface area contributed by atoms with Crippen LogP contribution in [0.2, 0.25) is 0 Å². The van der Waals surface area contributed by atoms with E-state index in [2.05, 4.69) is 16.8 Å². The van der Waals surface area contributed by atoms with Crippen molar-refractivity contribution < 1.29 is 14.6 Å². The number of aliphatic imine (C=N–C) groups is 1. The van der Waals surface area contributed by atoms with Gasteiger partial charge in [-0.3, -0.25) is 14.7 Å². The molecule has 7 heteroatoms. The van der Waals surface area contributed by atoms with Crippen molar-refractivity contribution in [2.24, 2.45) is 4.99 Å². The average Bonchev–Trinajstić information content (AvgIpc) is 3.28. The number of methoxy groups -OCH3 is 2. The second kappa shape index (κ2) is 9.44. The lowest BCUT2D eigenvalue weighted by Crippen LogP contribution is -2.31. The van der Waals surface area contributed by atoms with Crippen molar-refractivity contribution in [1.82, 2.24) is 9.47 Å². The zero-order valence-corrected chi connectivity index (χ0v) is 18.7. The second-order valence-electron chi connectivity index (χ2n) is 7.88. The number of likely N-dealkylation sites (tertiary alicyclic amines) is 1. The first kappa shape index (κ1) is 21.9. The number of fused-ring (bicyclic) bond motifs is 1. The van der Waals surface area contributed by atoms with Gasteiger partial charge in [-0.05, 0) is 44.1 Å². The Bertz CT molecular complexity index is 1200. The summed E-state index contributed by atoms with van der Waals surface area (Å²) in [5.74, 6) is 0.824. The molecular weight excluding hydrogens is 406 g/mol. The van der Waals surface area contributed by atoms with Crippen LogP contribution >= 0.6 is 0 Å². The molecule has 168 valence electrons. The standard InChI is InChI=1S/C25H29N3O4/c1-4-27-13-7-8-17(27)15-26-16-21-19-9-5-6-10-20(19)24(29)28(25(21)30)22-14-18(31-2)11-12-23(22)32-3/h5-6,9-12,14,16-17,30H,4,7-8,13,15H2,1-3H3/t17-/m1/s1. The summed E-state index contributed by atoms with van der Waals surface area (Å²) < 4.78 is 12.1. The highest BCUT2D eigenvalue weighted by molar-refractivity contribution is 6.01. The fourth-order valence-electron chi connectivity index (χ4n) is 4.47. The van der Waals surface area contributed by atoms with Crippen LogP contribution in [0.3, 0.4) is 0 Å². The molecule has 3 aromatic rings. The van der Waals surface area contributed by atoms with E-state index in [1.165, 1.54) is 18.1 Å². The topological polar surface area (TPSA) is 76.3 Å². The van der Waals surface area contributed by atoms with E-state index in [0.29, 0.717) is 46.1 Å². The van der Waals surface area contributed by atoms with E-state index in [9.17, 15) is 9.90 Å². The Morgan fingerprint density at radius 1 is 1.16 bits per heavy atom. The lowest BCUT2D eigenvalue weighted by atomic mass is 10.1. The molecule has 0 amide bonds. The number of ether oxygens (including phenoxy) is 2. The van der Waals surface area contributed by atoms with Crippen molar-refractivity contribution in [2.45, 2.75) is 25.8 Å². The maximum absolute atomic E-state index is 13.4. The fraction of sp³-hybridized carbons (Fsp3) is 0.360. The van der Waals surface area contributed by atoms with Gasteiger partial charge in [0.1, 0.15) is 11.5 Å². The molecule has 0 unspecified atom stereocenters. The van der Waals surface area contributed by atoms with E-state index in [0.717, 1.165) is 19.5 Å². The van der Waals surface area contributed by atoms with Crippen LogP contribution < -0.4 is 15.0 Å². The van der Waals surface area contributed by atoms with Gasteiger partial charge in [-0.25, -0.2) is 4.57 Å². The normalized spacial score (nSPS) is 16.8. The molecule has 0 aliphatic carbocycles. The molecule has 0 radical (unpaired) electrons. The SMILES string of the molecule is CCN1CCC[C@@H]1CN=Cc1c(O)n(-c2cc(OC)ccc2OC)c(=O)c2ccccc12. The molecule has 2 aromatic carbocycles. The Kier molecular flexibility index (Phi) is 6.46. The Hall–Kier alpha value is -3.32. The van der Waals surface area contributed by atoms with Gasteiger partial charge < -0.3 is 14.6 Å². The molecule has 32 heavy (non-hydrogen) atoms. The van der Waals surface area contributed by atoms with Gasteiger partial charge in [-0.1, -0.05) is 25.1 Å². The van der Waals surface area contributed by atoms with Crippen LogP contribution in [-0.4, -0.2) is 60.7 Å². The number of rotatable bonds is 7. The molecule has 1 saturated heterocycles. The number of nitrogens with zero attached hydrogens (tertiary/aromatic N) is 3. The number of likely N-dealkylation sites (N-methyl/N-ethyl adjacent to an activating group) is 1. The number of hydrogen-bond acceptors (Lipinski definition) is 6. The molecule has 1 aliphatic heterocycles. The summed E-state index contributed by atoms with van der Waals surface area (Å²) in [7, 11) is 3.08. The van der Waals surface area contributed by atoms with Crippen LogP contribution in [0, 0.1) is 0 Å². The van der Waals surface area contributed by atoms with Crippen molar-refractivity contribution in [3.63, 3.8) is 0 Å². The Morgan fingerprint density at radius 3 is 2.66 bits per heavy atom. The Morgan fingerprint density at radius 2 is 1.94 bits per heavy atom. The van der Waals surface area contributed by atoms with Crippen molar-refractivity contribution in [2.75, 3.05) is 33.9 Å². The third-order valence-electron chi connectivity index (χ3n) is 6.17. The minimum absolute atomic E-state index is 0.178. The zero-order chi connectivity index (χ0) is 22.7. The molecular formula is C25H29N3O4. The first-order chi connectivity index (χ1) is 15.6. The summed E-state index contributed by atoms with van der Waals surface area (Å²) >= 11 is 0. The highest BCUT2D eigenvalue weighted by Gasteiger charge is 2.23. The quantitative estimate of drug-likeness (QED) is 0.574. The fourth-order valence-corrected chi connectivity index (χ4v) is 4.47. The first-order valence-corrected chi connectivity index (χ1v) is 10.9. The maximum Gasteiger partial charge on any atom is 0.265 e. The highest BCUT2D eigenvalue weighted by atomic mass is 16.5. The third kappa shape index (κ3) is 3.96. The van der Waals surface area contributed by atoms with E-state index in [-0.39, 0.29) is 11.4 Å². The predicted molar refractivity (Wildman–Crippen MR) is 127 cm³/mol. The number of hydrogen-bond donors (Lipinski definition) is 1. The average molecular weight is 436 g/mol. The minimum Gasteiger partial charge on any atom is -0.497 e. The number of aromatic hydroxyl groups is 1. The van der Waals surface area contributed by atoms with E-state index in [1.807, 2.05) is 18.2 Å². The van der Waals surface area contributed by atoms with Gasteiger partial charge in [0.25, 0.3) is 5.56 Å². The lowest BCUT2D eigenvalue weighted by Gasteiger charge is -2.20. The lowest BCUT2D eigenvalue weighted by molar-refractivity contribution is 0.273. The largest absolute Gasteiger partial charge is 0.497 e. The van der Waals surface area contributed by atoms with E-state index in [4.69, 9.17) is 9.47 Å². The smallest absolute Gasteiger partial charge is 0.265 e. The summed E-state index contributed by atoms with van der Waals surface area (Å²) in [4.78, 5) is 20.5. The van der Waals surface area contributed by atoms with Crippen molar-refractivity contribution >= 4 is 17.0 Å². The van der Waals surface area contributed by atoms with Crippen molar-refractivity contribution in [3.8, 4) is 23.1 Å². The summed E-state index contributed by atoms with van der Waals surface area (Å²) in [6.07, 6.45) is 3.99. The summed E-state index contributed by atoms with van der Waals surface area (Å²) in [5, 5.41) is 12.4. The third-order valence-corrected chi connectivity index (χ3v) is 6.17. The second-order valence-corrected chi connectivity index (χ2v) is 7.88. The van der Waals surface area contributed by atoms with Gasteiger partial charge in [-0.15, -0.1) is 0 Å². The molecule has 1 aliphatic rings. The zero-order valence-electron chi connectivity index (χ0n) is 18.7. The number of pyridine rings is 1. The maximum atomic E-state index is 13.4. The van der Waals surface area contributed by atoms with Gasteiger partial charge in [-0.2, -0.15) is 0 Å². The molecule has 2 heterocycles. The van der Waals surface area contributed by atoms with E-state index in [1.54, 1.807) is 37.6 Å². The van der Waals surface area contributed by atoms with Crippen LogP contribution in [0.25, 0.3) is 16.5 Å². The molecule has 4 rings (SSSR count). The van der Waals surface area contributed by atoms with Gasteiger partial charge in [0, 0.05) is 29.1 Å². The summed E-state index contributed by atoms with van der Waals surface area (Å²) in [6.45, 7) is 4.93. The first-order valence-electron chi connectivity index (χ1n) is 10.9. The molecule has 1 fully saturated rings. The van der Waals surface area contributed by atoms with E-state index >= 15 is 0 Å². The monoisotopic (exact) mass is 435 g/mol. The molecule has 1 N–H and O–H groups in total. The number of benzene rings is 2. The van der Waals surface area contributed by atoms with Crippen molar-refractivity contribution in [3.05, 3.63) is 58.4 Å². The van der Waals surface area contributed by atoms with Crippen LogP contribution in [0.15, 0.2) is 52.3 Å². The molecule has 0 bridgehead atoms. The van der Waals surface area contributed by atoms with Crippen LogP contribution in [-0.2, 0) is 0 Å². The van der Waals surface area contributed by atoms with Crippen LogP contribution in [0.4, 0.5) is 0 Å².